The Morgan fingerprint density at radius 3 is 2.16 bits per heavy atom. The number of anilines is 1. The molecule has 10 heteroatoms. The molecule has 9 nitrogen and oxygen atoms in total. The van der Waals surface area contributed by atoms with Gasteiger partial charge in [0.05, 0.1) is 10.6 Å². The molecule has 0 saturated heterocycles. The van der Waals surface area contributed by atoms with Gasteiger partial charge in [-0.05, 0) is 18.2 Å². The van der Waals surface area contributed by atoms with Gasteiger partial charge in [0.2, 0.25) is 11.8 Å². The summed E-state index contributed by atoms with van der Waals surface area (Å²) in [5.74, 6) is 0.318. The minimum absolute atomic E-state index is 0.102. The molecule has 1 N–H and O–H groups in total. The van der Waals surface area contributed by atoms with Gasteiger partial charge in [-0.2, -0.15) is 4.98 Å². The zero-order valence-corrected chi connectivity index (χ0v) is 17.3. The average molecular weight is 448 g/mol. The van der Waals surface area contributed by atoms with E-state index in [1.165, 1.54) is 12.1 Å². The van der Waals surface area contributed by atoms with Gasteiger partial charge in [-0.25, -0.2) is 18.1 Å². The third-order valence-electron chi connectivity index (χ3n) is 4.31. The predicted octanol–water partition coefficient (Wildman–Crippen LogP) is 4.64. The molecule has 0 fully saturated rings. The highest BCUT2D eigenvalue weighted by Crippen LogP contribution is 2.28. The summed E-state index contributed by atoms with van der Waals surface area (Å²) >= 11 is 0. The molecular weight excluding hydrogens is 432 g/mol. The Morgan fingerprint density at radius 2 is 1.47 bits per heavy atom. The predicted molar refractivity (Wildman–Crippen MR) is 118 cm³/mol. The first kappa shape index (κ1) is 20.9. The highest BCUT2D eigenvalue weighted by Gasteiger charge is 2.26. The SMILES string of the molecule is O=[N+]([O-])c1ccccc1S(=O)(=O)Nc1nc(Oc2ccccc2)cc(-c2ccccc2)n1. The maximum Gasteiger partial charge on any atom is 0.289 e. The van der Waals surface area contributed by atoms with E-state index in [0.29, 0.717) is 17.0 Å². The Labute approximate surface area is 183 Å². The Bertz CT molecular complexity index is 1360. The summed E-state index contributed by atoms with van der Waals surface area (Å²) in [4.78, 5) is 18.4. The zero-order chi connectivity index (χ0) is 22.6. The number of hydrogen-bond donors (Lipinski definition) is 1. The maximum atomic E-state index is 12.9. The molecule has 3 aromatic carbocycles. The van der Waals surface area contributed by atoms with E-state index in [2.05, 4.69) is 14.7 Å². The van der Waals surface area contributed by atoms with E-state index in [0.717, 1.165) is 12.1 Å². The van der Waals surface area contributed by atoms with Crippen LogP contribution in [0.4, 0.5) is 11.6 Å². The molecule has 4 rings (SSSR count). The number of nitro groups is 1. The molecule has 0 spiro atoms. The van der Waals surface area contributed by atoms with Crippen molar-refractivity contribution in [2.45, 2.75) is 4.90 Å². The second-order valence-electron chi connectivity index (χ2n) is 6.53. The number of nitro benzene ring substituents is 1. The fourth-order valence-electron chi connectivity index (χ4n) is 2.90. The van der Waals surface area contributed by atoms with E-state index in [9.17, 15) is 18.5 Å². The smallest absolute Gasteiger partial charge is 0.289 e. The molecule has 0 aliphatic rings. The van der Waals surface area contributed by atoms with Crippen LogP contribution in [0.2, 0.25) is 0 Å². The summed E-state index contributed by atoms with van der Waals surface area (Å²) in [6.45, 7) is 0. The Balaban J connectivity index is 1.76. The van der Waals surface area contributed by atoms with Gasteiger partial charge in [0.1, 0.15) is 5.75 Å². The first-order valence-corrected chi connectivity index (χ1v) is 10.8. The molecule has 0 aliphatic carbocycles. The Kier molecular flexibility index (Phi) is 5.77. The monoisotopic (exact) mass is 448 g/mol. The van der Waals surface area contributed by atoms with Gasteiger partial charge in [0, 0.05) is 17.7 Å². The van der Waals surface area contributed by atoms with Crippen LogP contribution in [-0.4, -0.2) is 23.3 Å². The van der Waals surface area contributed by atoms with E-state index < -0.39 is 25.5 Å². The van der Waals surface area contributed by atoms with Crippen molar-refractivity contribution in [1.29, 1.82) is 0 Å². The molecule has 1 aromatic heterocycles. The van der Waals surface area contributed by atoms with Gasteiger partial charge in [-0.15, -0.1) is 0 Å². The van der Waals surface area contributed by atoms with Crippen LogP contribution in [0.25, 0.3) is 11.3 Å². The minimum atomic E-state index is -4.35. The maximum absolute atomic E-state index is 12.9. The van der Waals surface area contributed by atoms with Crippen molar-refractivity contribution in [3.8, 4) is 22.9 Å². The van der Waals surface area contributed by atoms with Crippen LogP contribution in [0.3, 0.4) is 0 Å². The fraction of sp³-hybridized carbons (Fsp3) is 0. The molecule has 0 saturated carbocycles. The van der Waals surface area contributed by atoms with E-state index in [1.54, 1.807) is 42.5 Å². The van der Waals surface area contributed by atoms with Crippen LogP contribution in [0.5, 0.6) is 11.6 Å². The minimum Gasteiger partial charge on any atom is -0.439 e. The van der Waals surface area contributed by atoms with Crippen LogP contribution < -0.4 is 9.46 Å². The number of aromatic nitrogens is 2. The molecule has 32 heavy (non-hydrogen) atoms. The van der Waals surface area contributed by atoms with Crippen LogP contribution in [0.1, 0.15) is 0 Å². The van der Waals surface area contributed by atoms with Crippen molar-refractivity contribution < 1.29 is 18.1 Å². The quantitative estimate of drug-likeness (QED) is 0.322. The molecule has 0 bridgehead atoms. The van der Waals surface area contributed by atoms with Gasteiger partial charge in [0.25, 0.3) is 15.7 Å². The standard InChI is InChI=1S/C22H16N4O5S/c27-26(28)19-13-7-8-14-20(19)32(29,30)25-22-23-18(16-9-3-1-4-10-16)15-21(24-22)31-17-11-5-2-6-12-17/h1-15H,(H,23,24,25). The summed E-state index contributed by atoms with van der Waals surface area (Å²) in [6, 6.07) is 24.5. The van der Waals surface area contributed by atoms with E-state index in [1.807, 2.05) is 24.3 Å². The van der Waals surface area contributed by atoms with Crippen molar-refractivity contribution in [2.75, 3.05) is 4.72 Å². The van der Waals surface area contributed by atoms with Gasteiger partial charge in [-0.3, -0.25) is 10.1 Å². The van der Waals surface area contributed by atoms with Crippen molar-refractivity contribution in [3.63, 3.8) is 0 Å². The lowest BCUT2D eigenvalue weighted by atomic mass is 10.1. The molecule has 0 unspecified atom stereocenters. The third-order valence-corrected chi connectivity index (χ3v) is 5.69. The first-order chi connectivity index (χ1) is 15.4. The lowest BCUT2D eigenvalue weighted by Crippen LogP contribution is -2.17. The third kappa shape index (κ3) is 4.71. The summed E-state index contributed by atoms with van der Waals surface area (Å²) in [5, 5.41) is 11.3. The Morgan fingerprint density at radius 1 is 0.844 bits per heavy atom. The van der Waals surface area contributed by atoms with E-state index in [-0.39, 0.29) is 11.8 Å². The first-order valence-electron chi connectivity index (χ1n) is 9.36. The van der Waals surface area contributed by atoms with E-state index >= 15 is 0 Å². The van der Waals surface area contributed by atoms with Gasteiger partial charge >= 0.3 is 0 Å². The molecule has 0 radical (unpaired) electrons. The number of para-hydroxylation sites is 2. The summed E-state index contributed by atoms with van der Waals surface area (Å²) in [5.41, 5.74) is 0.561. The number of nitrogens with zero attached hydrogens (tertiary/aromatic N) is 3. The van der Waals surface area contributed by atoms with Gasteiger partial charge in [-0.1, -0.05) is 60.7 Å². The number of sulfonamides is 1. The normalized spacial score (nSPS) is 11.0. The van der Waals surface area contributed by atoms with Crippen LogP contribution in [-0.2, 0) is 10.0 Å². The molecule has 0 amide bonds. The number of rotatable bonds is 7. The van der Waals surface area contributed by atoms with Crippen molar-refractivity contribution >= 4 is 21.7 Å². The average Bonchev–Trinajstić information content (AvgIpc) is 2.80. The topological polar surface area (TPSA) is 124 Å². The number of nitrogens with one attached hydrogen (secondary N) is 1. The molecular formula is C22H16N4O5S. The molecule has 0 atom stereocenters. The summed E-state index contributed by atoms with van der Waals surface area (Å²) in [7, 11) is -4.35. The van der Waals surface area contributed by atoms with Gasteiger partial charge in [0.15, 0.2) is 4.90 Å². The Hall–Kier alpha value is -4.31. The summed E-state index contributed by atoms with van der Waals surface area (Å²) < 4.78 is 33.8. The van der Waals surface area contributed by atoms with Crippen molar-refractivity contribution in [2.24, 2.45) is 0 Å². The van der Waals surface area contributed by atoms with Gasteiger partial charge < -0.3 is 4.74 Å². The molecule has 1 heterocycles. The second kappa shape index (κ2) is 8.82. The highest BCUT2D eigenvalue weighted by molar-refractivity contribution is 7.92. The van der Waals surface area contributed by atoms with Crippen LogP contribution in [0, 0.1) is 10.1 Å². The van der Waals surface area contributed by atoms with Crippen LogP contribution >= 0.6 is 0 Å². The second-order valence-corrected chi connectivity index (χ2v) is 8.18. The largest absolute Gasteiger partial charge is 0.439 e. The lowest BCUT2D eigenvalue weighted by Gasteiger charge is -2.11. The number of ether oxygens (including phenoxy) is 1. The zero-order valence-electron chi connectivity index (χ0n) is 16.5. The van der Waals surface area contributed by atoms with Crippen LogP contribution in [0.15, 0.2) is 95.9 Å². The van der Waals surface area contributed by atoms with E-state index in [4.69, 9.17) is 4.74 Å². The lowest BCUT2D eigenvalue weighted by molar-refractivity contribution is -0.387. The molecule has 4 aromatic rings. The van der Waals surface area contributed by atoms with Crippen molar-refractivity contribution in [3.05, 3.63) is 101 Å². The molecule has 0 aliphatic heterocycles. The molecule has 160 valence electrons. The summed E-state index contributed by atoms with van der Waals surface area (Å²) in [6.07, 6.45) is 0. The highest BCUT2D eigenvalue weighted by atomic mass is 32.2. The number of benzene rings is 3. The number of hydrogen-bond acceptors (Lipinski definition) is 7. The fourth-order valence-corrected chi connectivity index (χ4v) is 4.02. The van der Waals surface area contributed by atoms with Crippen molar-refractivity contribution in [1.82, 2.24) is 9.97 Å².